The zero-order valence-corrected chi connectivity index (χ0v) is 13.5. The van der Waals surface area contributed by atoms with Crippen LogP contribution in [0.4, 0.5) is 13.2 Å². The van der Waals surface area contributed by atoms with Gasteiger partial charge in [0.25, 0.3) is 0 Å². The molecule has 0 amide bonds. The number of rotatable bonds is 2. The van der Waals surface area contributed by atoms with Crippen molar-refractivity contribution in [3.63, 3.8) is 0 Å². The summed E-state index contributed by atoms with van der Waals surface area (Å²) < 4.78 is 45.6. The number of aliphatic imine (C=N–C) groups is 2. The highest BCUT2D eigenvalue weighted by atomic mass is 35.5. The number of halogens is 4. The number of fused-ring (bicyclic) bond motifs is 1. The molecule has 3 rings (SSSR count). The van der Waals surface area contributed by atoms with Gasteiger partial charge in [0.15, 0.2) is 0 Å². The van der Waals surface area contributed by atoms with Gasteiger partial charge < -0.3 is 4.74 Å². The number of nitrogens with zero attached hydrogens (tertiary/aromatic N) is 3. The Morgan fingerprint density at radius 3 is 2.68 bits per heavy atom. The van der Waals surface area contributed by atoms with Crippen LogP contribution < -0.4 is 0 Å². The molecule has 1 aromatic rings. The highest BCUT2D eigenvalue weighted by molar-refractivity contribution is 6.31. The fourth-order valence-corrected chi connectivity index (χ4v) is 2.60. The third-order valence-electron chi connectivity index (χ3n) is 3.56. The quantitative estimate of drug-likeness (QED) is 0.751. The number of amidine groups is 2. The molecule has 2 aliphatic rings. The van der Waals surface area contributed by atoms with Crippen molar-refractivity contribution in [1.82, 2.24) is 4.90 Å². The molecule has 0 fully saturated rings. The summed E-state index contributed by atoms with van der Waals surface area (Å²) in [7, 11) is 0.855. The lowest BCUT2D eigenvalue weighted by Crippen LogP contribution is -2.55. The average molecular weight is 370 g/mol. The van der Waals surface area contributed by atoms with Gasteiger partial charge in [0.1, 0.15) is 11.7 Å². The first-order valence-electron chi connectivity index (χ1n) is 7.03. The van der Waals surface area contributed by atoms with E-state index in [1.165, 1.54) is 35.4 Å². The highest BCUT2D eigenvalue weighted by Gasteiger charge is 2.64. The molecule has 5 nitrogen and oxygen atoms in total. The number of methoxy groups -OCH3 is 1. The molecule has 0 N–H and O–H groups in total. The number of carbonyl (C=O) groups excluding carboxylic acids is 1. The van der Waals surface area contributed by atoms with E-state index in [0.29, 0.717) is 10.6 Å². The minimum absolute atomic E-state index is 0.0878. The van der Waals surface area contributed by atoms with E-state index in [9.17, 15) is 18.0 Å². The maximum Gasteiger partial charge on any atom is 0.445 e. The van der Waals surface area contributed by atoms with Gasteiger partial charge in [-0.25, -0.2) is 14.8 Å². The predicted molar refractivity (Wildman–Crippen MR) is 86.3 cm³/mol. The van der Waals surface area contributed by atoms with Crippen LogP contribution in [-0.4, -0.2) is 41.5 Å². The molecule has 9 heteroatoms. The summed E-state index contributed by atoms with van der Waals surface area (Å²) in [6, 6.07) is 6.14. The molecule has 0 spiro atoms. The van der Waals surface area contributed by atoms with Crippen LogP contribution in [0.1, 0.15) is 5.56 Å². The minimum atomic E-state index is -5.09. The zero-order chi connectivity index (χ0) is 18.2. The summed E-state index contributed by atoms with van der Waals surface area (Å²) in [5.74, 6) is -1.82. The second-order valence-corrected chi connectivity index (χ2v) is 5.58. The number of hydrogen-bond acceptors (Lipinski definition) is 5. The van der Waals surface area contributed by atoms with Crippen molar-refractivity contribution >= 4 is 29.2 Å². The molecular weight excluding hydrogens is 359 g/mol. The molecule has 1 aromatic carbocycles. The number of benzene rings is 1. The molecular formula is C16H11ClF3N3O2. The Labute approximate surface area is 145 Å². The van der Waals surface area contributed by atoms with Gasteiger partial charge in [-0.15, -0.1) is 0 Å². The molecule has 0 aromatic heterocycles. The zero-order valence-electron chi connectivity index (χ0n) is 12.8. The van der Waals surface area contributed by atoms with Crippen LogP contribution in [0.5, 0.6) is 0 Å². The van der Waals surface area contributed by atoms with Crippen molar-refractivity contribution in [2.24, 2.45) is 9.98 Å². The highest BCUT2D eigenvalue weighted by Crippen LogP contribution is 2.40. The van der Waals surface area contributed by atoms with E-state index in [4.69, 9.17) is 11.6 Å². The fraction of sp³-hybridized carbons (Fsp3) is 0.188. The Bertz CT molecular complexity index is 845. The monoisotopic (exact) mass is 369 g/mol. The first-order chi connectivity index (χ1) is 11.8. The molecule has 0 saturated carbocycles. The normalized spacial score (nSPS) is 22.2. The van der Waals surface area contributed by atoms with Crippen molar-refractivity contribution in [2.75, 3.05) is 7.11 Å². The summed E-state index contributed by atoms with van der Waals surface area (Å²) in [6.45, 7) is 0. The van der Waals surface area contributed by atoms with E-state index in [2.05, 4.69) is 14.7 Å². The number of alkyl halides is 3. The second kappa shape index (κ2) is 6.03. The van der Waals surface area contributed by atoms with Gasteiger partial charge in [-0.2, -0.15) is 13.2 Å². The van der Waals surface area contributed by atoms with Crippen molar-refractivity contribution in [3.05, 3.63) is 59.3 Å². The second-order valence-electron chi connectivity index (χ2n) is 5.15. The lowest BCUT2D eigenvalue weighted by molar-refractivity contribution is -0.202. The largest absolute Gasteiger partial charge is 0.465 e. The van der Waals surface area contributed by atoms with Crippen LogP contribution in [0.15, 0.2) is 58.7 Å². The first-order valence-corrected chi connectivity index (χ1v) is 7.41. The molecule has 2 aliphatic heterocycles. The Hall–Kier alpha value is -2.61. The number of ether oxygens (including phenoxy) is 1. The van der Waals surface area contributed by atoms with E-state index in [1.807, 2.05) is 0 Å². The Morgan fingerprint density at radius 2 is 2.04 bits per heavy atom. The summed E-state index contributed by atoms with van der Waals surface area (Å²) in [4.78, 5) is 20.6. The maximum atomic E-state index is 13.8. The standard InChI is InChI=1S/C16H11ClF3N3O2/c1-25-14(24)15(16(18,19)20)21-12-7-2-3-8-23(12)13(22-15)10-5-4-6-11(17)9-10/h2-9H,1H3/t15-/m1/s1. The average Bonchev–Trinajstić information content (AvgIpc) is 2.59. The van der Waals surface area contributed by atoms with Gasteiger partial charge in [-0.3, -0.25) is 4.90 Å². The molecule has 0 bridgehead atoms. The van der Waals surface area contributed by atoms with Gasteiger partial charge in [0.2, 0.25) is 0 Å². The third-order valence-corrected chi connectivity index (χ3v) is 3.79. The van der Waals surface area contributed by atoms with Crippen molar-refractivity contribution < 1.29 is 22.7 Å². The minimum Gasteiger partial charge on any atom is -0.465 e. The smallest absolute Gasteiger partial charge is 0.445 e. The van der Waals surface area contributed by atoms with E-state index in [-0.39, 0.29) is 11.7 Å². The van der Waals surface area contributed by atoms with Gasteiger partial charge in [0.05, 0.1) is 7.11 Å². The van der Waals surface area contributed by atoms with Crippen LogP contribution >= 0.6 is 11.6 Å². The topological polar surface area (TPSA) is 54.3 Å². The van der Waals surface area contributed by atoms with E-state index in [1.54, 1.807) is 18.2 Å². The number of esters is 1. The van der Waals surface area contributed by atoms with E-state index in [0.717, 1.165) is 7.11 Å². The number of allylic oxidation sites excluding steroid dienone is 2. The van der Waals surface area contributed by atoms with E-state index < -0.39 is 17.8 Å². The Kier molecular flexibility index (Phi) is 4.16. The lowest BCUT2D eigenvalue weighted by atomic mass is 10.1. The molecule has 0 unspecified atom stereocenters. The first kappa shape index (κ1) is 17.2. The summed E-state index contributed by atoms with van der Waals surface area (Å²) in [6.07, 6.45) is 0.878. The van der Waals surface area contributed by atoms with Gasteiger partial charge in [0, 0.05) is 16.8 Å². The number of carbonyl (C=O) groups is 1. The van der Waals surface area contributed by atoms with Crippen LogP contribution in [0.3, 0.4) is 0 Å². The van der Waals surface area contributed by atoms with Crippen molar-refractivity contribution in [1.29, 1.82) is 0 Å². The van der Waals surface area contributed by atoms with Crippen LogP contribution in [-0.2, 0) is 9.53 Å². The van der Waals surface area contributed by atoms with E-state index >= 15 is 0 Å². The molecule has 0 saturated heterocycles. The van der Waals surface area contributed by atoms with Crippen LogP contribution in [0.2, 0.25) is 5.02 Å². The molecule has 0 aliphatic carbocycles. The summed E-state index contributed by atoms with van der Waals surface area (Å²) >= 11 is 5.94. The Morgan fingerprint density at radius 1 is 1.28 bits per heavy atom. The third kappa shape index (κ3) is 2.82. The van der Waals surface area contributed by atoms with Crippen molar-refractivity contribution in [2.45, 2.75) is 11.8 Å². The molecule has 25 heavy (non-hydrogen) atoms. The summed E-state index contributed by atoms with van der Waals surface area (Å²) in [5.41, 5.74) is -3.07. The Balaban J connectivity index is 2.27. The van der Waals surface area contributed by atoms with Gasteiger partial charge in [-0.05, 0) is 24.3 Å². The summed E-state index contributed by atoms with van der Waals surface area (Å²) in [5, 5.41) is 0.316. The molecule has 130 valence electrons. The van der Waals surface area contributed by atoms with Gasteiger partial charge in [-0.1, -0.05) is 29.8 Å². The molecule has 2 heterocycles. The molecule has 0 radical (unpaired) electrons. The van der Waals surface area contributed by atoms with Crippen LogP contribution in [0.25, 0.3) is 0 Å². The number of hydrogen-bond donors (Lipinski definition) is 0. The maximum absolute atomic E-state index is 13.8. The fourth-order valence-electron chi connectivity index (χ4n) is 2.41. The molecule has 1 atom stereocenters. The predicted octanol–water partition coefficient (Wildman–Crippen LogP) is 3.32. The van der Waals surface area contributed by atoms with Crippen LogP contribution in [0, 0.1) is 0 Å². The van der Waals surface area contributed by atoms with Crippen molar-refractivity contribution in [3.8, 4) is 0 Å². The SMILES string of the molecule is COC(=O)[C@@]1(C(F)(F)F)N=C2C=CC=CN2C(c2cccc(Cl)c2)=N1. The van der Waals surface area contributed by atoms with Gasteiger partial charge >= 0.3 is 17.8 Å². The lowest BCUT2D eigenvalue weighted by Gasteiger charge is -2.35.